The summed E-state index contributed by atoms with van der Waals surface area (Å²) < 4.78 is 51.3. The van der Waals surface area contributed by atoms with E-state index in [-0.39, 0.29) is 41.1 Å². The number of halogens is 1. The lowest BCUT2D eigenvalue weighted by Crippen LogP contribution is -2.38. The maximum absolute atomic E-state index is 13.2. The highest BCUT2D eigenvalue weighted by atomic mass is 32.2. The molecule has 1 N–H and O–H groups in total. The number of nitrogens with one attached hydrogen (secondary N) is 1. The van der Waals surface area contributed by atoms with Crippen LogP contribution in [0.5, 0.6) is 5.88 Å². The first-order valence-corrected chi connectivity index (χ1v) is 11.2. The number of anilines is 1. The minimum atomic E-state index is -3.96. The molecule has 2 aliphatic rings. The number of carbonyl (C=O) groups excluding carboxylic acids is 1. The molecule has 160 valence electrons. The number of carbonyl (C=O) groups is 1. The van der Waals surface area contributed by atoms with E-state index in [0.29, 0.717) is 25.7 Å². The SMILES string of the molecule is O=C(NCC1CCOCC1)c1cnc2c(c1)N(S(=O)(=O)c1ccc(F)cc1)CCO2. The summed E-state index contributed by atoms with van der Waals surface area (Å²) in [7, 11) is -3.96. The number of ether oxygens (including phenoxy) is 2. The molecule has 3 heterocycles. The van der Waals surface area contributed by atoms with Crippen molar-refractivity contribution >= 4 is 21.6 Å². The van der Waals surface area contributed by atoms with Crippen LogP contribution in [0.15, 0.2) is 41.4 Å². The van der Waals surface area contributed by atoms with E-state index >= 15 is 0 Å². The Labute approximate surface area is 174 Å². The zero-order valence-electron chi connectivity index (χ0n) is 16.2. The standard InChI is InChI=1S/C20H22FN3O5S/c21-16-1-3-17(4-2-16)30(26,27)24-7-10-29-20-18(24)11-15(13-23-20)19(25)22-12-14-5-8-28-9-6-14/h1-4,11,13-14H,5-10,12H2,(H,22,25). The Morgan fingerprint density at radius 3 is 2.67 bits per heavy atom. The van der Waals surface area contributed by atoms with Crippen LogP contribution in [0, 0.1) is 11.7 Å². The molecule has 0 radical (unpaired) electrons. The summed E-state index contributed by atoms with van der Waals surface area (Å²) in [6.45, 7) is 2.08. The van der Waals surface area contributed by atoms with Gasteiger partial charge in [-0.2, -0.15) is 0 Å². The summed E-state index contributed by atoms with van der Waals surface area (Å²) in [5.74, 6) is -0.372. The van der Waals surface area contributed by atoms with Crippen LogP contribution in [-0.2, 0) is 14.8 Å². The van der Waals surface area contributed by atoms with E-state index in [1.165, 1.54) is 24.4 Å². The van der Waals surface area contributed by atoms with E-state index in [4.69, 9.17) is 9.47 Å². The predicted molar refractivity (Wildman–Crippen MR) is 107 cm³/mol. The van der Waals surface area contributed by atoms with Gasteiger partial charge in [-0.25, -0.2) is 17.8 Å². The minimum Gasteiger partial charge on any atom is -0.474 e. The van der Waals surface area contributed by atoms with Crippen molar-refractivity contribution in [3.8, 4) is 5.88 Å². The molecule has 1 saturated heterocycles. The van der Waals surface area contributed by atoms with Gasteiger partial charge in [0, 0.05) is 26.0 Å². The van der Waals surface area contributed by atoms with Gasteiger partial charge >= 0.3 is 0 Å². The van der Waals surface area contributed by atoms with Gasteiger partial charge < -0.3 is 14.8 Å². The van der Waals surface area contributed by atoms with E-state index in [1.54, 1.807) is 0 Å². The second-order valence-electron chi connectivity index (χ2n) is 7.19. The third kappa shape index (κ3) is 4.24. The first kappa shape index (κ1) is 20.5. The molecule has 2 aliphatic heterocycles. The van der Waals surface area contributed by atoms with Crippen LogP contribution in [0.25, 0.3) is 0 Å². The number of benzene rings is 1. The first-order chi connectivity index (χ1) is 14.4. The molecule has 1 aromatic heterocycles. The number of hydrogen-bond acceptors (Lipinski definition) is 6. The average Bonchev–Trinajstić information content (AvgIpc) is 2.77. The molecule has 0 atom stereocenters. The Hall–Kier alpha value is -2.72. The number of aromatic nitrogens is 1. The van der Waals surface area contributed by atoms with Crippen molar-refractivity contribution < 1.29 is 27.1 Å². The summed E-state index contributed by atoms with van der Waals surface area (Å²) in [5.41, 5.74) is 0.426. The van der Waals surface area contributed by atoms with Gasteiger partial charge in [-0.15, -0.1) is 0 Å². The molecule has 0 spiro atoms. The first-order valence-electron chi connectivity index (χ1n) is 9.72. The third-order valence-corrected chi connectivity index (χ3v) is 7.02. The van der Waals surface area contributed by atoms with Gasteiger partial charge in [0.25, 0.3) is 15.9 Å². The average molecular weight is 435 g/mol. The lowest BCUT2D eigenvalue weighted by molar-refractivity contribution is 0.0642. The summed E-state index contributed by atoms with van der Waals surface area (Å²) in [6, 6.07) is 6.05. The summed E-state index contributed by atoms with van der Waals surface area (Å²) in [5, 5.41) is 2.88. The largest absolute Gasteiger partial charge is 0.474 e. The van der Waals surface area contributed by atoms with Crippen molar-refractivity contribution in [1.82, 2.24) is 10.3 Å². The monoisotopic (exact) mass is 435 g/mol. The molecule has 0 saturated carbocycles. The van der Waals surface area contributed by atoms with Crippen molar-refractivity contribution in [2.45, 2.75) is 17.7 Å². The van der Waals surface area contributed by atoms with Gasteiger partial charge in [0.2, 0.25) is 5.88 Å². The zero-order chi connectivity index (χ0) is 21.1. The molecular formula is C20H22FN3O5S. The highest BCUT2D eigenvalue weighted by molar-refractivity contribution is 7.92. The molecule has 8 nitrogen and oxygen atoms in total. The highest BCUT2D eigenvalue weighted by Gasteiger charge is 2.32. The Balaban J connectivity index is 1.56. The van der Waals surface area contributed by atoms with Crippen LogP contribution in [0.1, 0.15) is 23.2 Å². The van der Waals surface area contributed by atoms with E-state index in [1.807, 2.05) is 0 Å². The fraction of sp³-hybridized carbons (Fsp3) is 0.400. The molecule has 0 aliphatic carbocycles. The molecule has 2 aromatic rings. The van der Waals surface area contributed by atoms with E-state index in [2.05, 4.69) is 10.3 Å². The lowest BCUT2D eigenvalue weighted by Gasteiger charge is -2.30. The van der Waals surface area contributed by atoms with Crippen LogP contribution in [0.3, 0.4) is 0 Å². The summed E-state index contributed by atoms with van der Waals surface area (Å²) in [4.78, 5) is 16.7. The van der Waals surface area contributed by atoms with E-state index in [0.717, 1.165) is 29.3 Å². The highest BCUT2D eigenvalue weighted by Crippen LogP contribution is 2.34. The molecule has 1 fully saturated rings. The topological polar surface area (TPSA) is 97.8 Å². The second kappa shape index (κ2) is 8.57. The maximum atomic E-state index is 13.2. The van der Waals surface area contributed by atoms with E-state index < -0.39 is 15.8 Å². The molecular weight excluding hydrogens is 413 g/mol. The number of nitrogens with zero attached hydrogens (tertiary/aromatic N) is 2. The Bertz CT molecular complexity index is 1020. The Morgan fingerprint density at radius 1 is 1.20 bits per heavy atom. The Kier molecular flexibility index (Phi) is 5.87. The van der Waals surface area contributed by atoms with Crippen LogP contribution < -0.4 is 14.4 Å². The smallest absolute Gasteiger partial charge is 0.264 e. The third-order valence-electron chi connectivity index (χ3n) is 5.19. The molecule has 30 heavy (non-hydrogen) atoms. The number of rotatable bonds is 5. The van der Waals surface area contributed by atoms with Gasteiger partial charge in [-0.05, 0) is 49.1 Å². The van der Waals surface area contributed by atoms with Crippen molar-refractivity contribution in [3.63, 3.8) is 0 Å². The fourth-order valence-electron chi connectivity index (χ4n) is 3.47. The van der Waals surface area contributed by atoms with Crippen molar-refractivity contribution in [2.75, 3.05) is 37.2 Å². The number of fused-ring (bicyclic) bond motifs is 1. The van der Waals surface area contributed by atoms with Gasteiger partial charge in [-0.1, -0.05) is 0 Å². The predicted octanol–water partition coefficient (Wildman–Crippen LogP) is 1.96. The van der Waals surface area contributed by atoms with Gasteiger partial charge in [0.1, 0.15) is 18.1 Å². The molecule has 10 heteroatoms. The molecule has 0 bridgehead atoms. The van der Waals surface area contributed by atoms with Gasteiger partial charge in [0.05, 0.1) is 17.0 Å². The van der Waals surface area contributed by atoms with Crippen molar-refractivity contribution in [3.05, 3.63) is 47.9 Å². The summed E-state index contributed by atoms with van der Waals surface area (Å²) in [6.07, 6.45) is 3.15. The fourth-order valence-corrected chi connectivity index (χ4v) is 4.91. The van der Waals surface area contributed by atoms with E-state index in [9.17, 15) is 17.6 Å². The second-order valence-corrected chi connectivity index (χ2v) is 9.06. The van der Waals surface area contributed by atoms with Crippen LogP contribution in [0.2, 0.25) is 0 Å². The van der Waals surface area contributed by atoms with Crippen molar-refractivity contribution in [2.24, 2.45) is 5.92 Å². The number of pyridine rings is 1. The van der Waals surface area contributed by atoms with Crippen LogP contribution in [0.4, 0.5) is 10.1 Å². The number of sulfonamides is 1. The molecule has 4 rings (SSSR count). The minimum absolute atomic E-state index is 0.0499. The quantitative estimate of drug-likeness (QED) is 0.771. The number of amides is 1. The van der Waals surface area contributed by atoms with Gasteiger partial charge in [-0.3, -0.25) is 9.10 Å². The number of hydrogen-bond donors (Lipinski definition) is 1. The molecule has 0 unspecified atom stereocenters. The molecule has 1 aromatic carbocycles. The Morgan fingerprint density at radius 2 is 1.93 bits per heavy atom. The summed E-state index contributed by atoms with van der Waals surface area (Å²) >= 11 is 0. The zero-order valence-corrected chi connectivity index (χ0v) is 17.0. The van der Waals surface area contributed by atoms with Crippen molar-refractivity contribution in [1.29, 1.82) is 0 Å². The lowest BCUT2D eigenvalue weighted by atomic mass is 10.0. The molecule has 1 amide bonds. The normalized spacial score (nSPS) is 17.2. The van der Waals surface area contributed by atoms with Crippen LogP contribution >= 0.6 is 0 Å². The van der Waals surface area contributed by atoms with Crippen LogP contribution in [-0.4, -0.2) is 52.2 Å². The maximum Gasteiger partial charge on any atom is 0.264 e. The van der Waals surface area contributed by atoms with Gasteiger partial charge in [0.15, 0.2) is 0 Å².